The van der Waals surface area contributed by atoms with Crippen molar-refractivity contribution in [3.8, 4) is 0 Å². The van der Waals surface area contributed by atoms with E-state index in [0.29, 0.717) is 16.3 Å². The number of anilines is 1. The number of carbonyl (C=O) groups excluding carboxylic acids is 3. The summed E-state index contributed by atoms with van der Waals surface area (Å²) in [6, 6.07) is 19.2. The molecule has 0 aromatic heterocycles. The van der Waals surface area contributed by atoms with Crippen LogP contribution in [0.3, 0.4) is 0 Å². The quantitative estimate of drug-likeness (QED) is 0.644. The van der Waals surface area contributed by atoms with Crippen molar-refractivity contribution in [3.63, 3.8) is 0 Å². The molecule has 7 heteroatoms. The van der Waals surface area contributed by atoms with Gasteiger partial charge < -0.3 is 10.6 Å². The Balaban J connectivity index is 1.58. The normalized spacial score (nSPS) is 18.8. The standard InChI is InChI=1S/C22H18ClN3O3/c1-22(18-8-4-6-14-5-2-3-7-17(14)18)20(28)26(21(29)25-22)13-19(27)24-16-11-9-15(23)10-12-16/h2-12H,13H2,1H3,(H,24,27)(H,25,29)/t22-/m1/s1. The molecule has 0 unspecified atom stereocenters. The van der Waals surface area contributed by atoms with E-state index in [1.54, 1.807) is 31.2 Å². The molecule has 0 saturated carbocycles. The first kappa shape index (κ1) is 19.0. The van der Waals surface area contributed by atoms with Gasteiger partial charge in [0.1, 0.15) is 12.1 Å². The first-order valence-electron chi connectivity index (χ1n) is 9.06. The Morgan fingerprint density at radius 1 is 1.03 bits per heavy atom. The van der Waals surface area contributed by atoms with Crippen molar-refractivity contribution in [2.75, 3.05) is 11.9 Å². The van der Waals surface area contributed by atoms with Crippen LogP contribution in [0.5, 0.6) is 0 Å². The average Bonchev–Trinajstić information content (AvgIpc) is 2.93. The maximum atomic E-state index is 13.2. The molecule has 4 amide bonds. The van der Waals surface area contributed by atoms with E-state index >= 15 is 0 Å². The third kappa shape index (κ3) is 3.43. The van der Waals surface area contributed by atoms with Crippen LogP contribution in [0.2, 0.25) is 5.02 Å². The van der Waals surface area contributed by atoms with Gasteiger partial charge in [0.05, 0.1) is 0 Å². The molecule has 146 valence electrons. The minimum atomic E-state index is -1.25. The minimum absolute atomic E-state index is 0.381. The summed E-state index contributed by atoms with van der Waals surface area (Å²) in [4.78, 5) is 39.0. The molecule has 0 bridgehead atoms. The number of nitrogens with one attached hydrogen (secondary N) is 2. The monoisotopic (exact) mass is 407 g/mol. The van der Waals surface area contributed by atoms with Crippen LogP contribution >= 0.6 is 11.6 Å². The van der Waals surface area contributed by atoms with Gasteiger partial charge in [0, 0.05) is 10.7 Å². The lowest BCUT2D eigenvalue weighted by Crippen LogP contribution is -2.42. The second-order valence-corrected chi connectivity index (χ2v) is 7.46. The molecule has 2 N–H and O–H groups in total. The van der Waals surface area contributed by atoms with E-state index in [2.05, 4.69) is 10.6 Å². The molecule has 1 saturated heterocycles. The Kier molecular flexibility index (Phi) is 4.72. The van der Waals surface area contributed by atoms with Crippen molar-refractivity contribution in [1.82, 2.24) is 10.2 Å². The van der Waals surface area contributed by atoms with E-state index in [1.165, 1.54) is 0 Å². The second-order valence-electron chi connectivity index (χ2n) is 7.03. The summed E-state index contributed by atoms with van der Waals surface area (Å²) in [6.07, 6.45) is 0. The Hall–Kier alpha value is -3.38. The molecular weight excluding hydrogens is 390 g/mol. The van der Waals surface area contributed by atoms with Crippen LogP contribution in [0, 0.1) is 0 Å². The van der Waals surface area contributed by atoms with E-state index < -0.39 is 23.4 Å². The van der Waals surface area contributed by atoms with Gasteiger partial charge in [-0.25, -0.2) is 4.79 Å². The first-order valence-corrected chi connectivity index (χ1v) is 9.44. The summed E-state index contributed by atoms with van der Waals surface area (Å²) in [5, 5.41) is 7.80. The molecule has 0 spiro atoms. The second kappa shape index (κ2) is 7.22. The zero-order chi connectivity index (χ0) is 20.6. The van der Waals surface area contributed by atoms with Crippen LogP contribution in [-0.4, -0.2) is 29.3 Å². The summed E-state index contributed by atoms with van der Waals surface area (Å²) in [5.41, 5.74) is -0.0313. The Labute approximate surface area is 172 Å². The number of hydrogen-bond acceptors (Lipinski definition) is 3. The lowest BCUT2D eigenvalue weighted by atomic mass is 9.88. The summed E-state index contributed by atoms with van der Waals surface area (Å²) in [7, 11) is 0. The summed E-state index contributed by atoms with van der Waals surface area (Å²) >= 11 is 5.84. The van der Waals surface area contributed by atoms with E-state index in [1.807, 2.05) is 42.5 Å². The van der Waals surface area contributed by atoms with Gasteiger partial charge in [-0.15, -0.1) is 0 Å². The Bertz CT molecular complexity index is 1120. The number of hydrogen-bond donors (Lipinski definition) is 2. The topological polar surface area (TPSA) is 78.5 Å². The first-order chi connectivity index (χ1) is 13.9. The number of nitrogens with zero attached hydrogens (tertiary/aromatic N) is 1. The van der Waals surface area contributed by atoms with Crippen molar-refractivity contribution in [2.45, 2.75) is 12.5 Å². The zero-order valence-corrected chi connectivity index (χ0v) is 16.4. The Morgan fingerprint density at radius 2 is 1.72 bits per heavy atom. The van der Waals surface area contributed by atoms with Gasteiger partial charge in [-0.3, -0.25) is 14.5 Å². The van der Waals surface area contributed by atoms with Crippen molar-refractivity contribution in [3.05, 3.63) is 77.3 Å². The SMILES string of the molecule is C[C@]1(c2cccc3ccccc23)NC(=O)N(CC(=O)Nc2ccc(Cl)cc2)C1=O. The summed E-state index contributed by atoms with van der Waals surface area (Å²) in [5.74, 6) is -0.942. The van der Waals surface area contributed by atoms with Gasteiger partial charge in [0.25, 0.3) is 5.91 Å². The highest BCUT2D eigenvalue weighted by Gasteiger charge is 2.50. The average molecular weight is 408 g/mol. The molecule has 3 aromatic carbocycles. The van der Waals surface area contributed by atoms with Crippen LogP contribution in [0.1, 0.15) is 12.5 Å². The van der Waals surface area contributed by atoms with E-state index in [0.717, 1.165) is 15.7 Å². The van der Waals surface area contributed by atoms with E-state index in [4.69, 9.17) is 11.6 Å². The van der Waals surface area contributed by atoms with Gasteiger partial charge in [-0.05, 0) is 47.5 Å². The fourth-order valence-electron chi connectivity index (χ4n) is 3.56. The summed E-state index contributed by atoms with van der Waals surface area (Å²) < 4.78 is 0. The van der Waals surface area contributed by atoms with Gasteiger partial charge in [-0.2, -0.15) is 0 Å². The number of imide groups is 1. The zero-order valence-electron chi connectivity index (χ0n) is 15.6. The fourth-order valence-corrected chi connectivity index (χ4v) is 3.69. The number of urea groups is 1. The molecule has 3 aromatic rings. The van der Waals surface area contributed by atoms with Gasteiger partial charge >= 0.3 is 6.03 Å². The number of fused-ring (bicyclic) bond motifs is 1. The molecule has 1 aliphatic rings. The highest BCUT2D eigenvalue weighted by Crippen LogP contribution is 2.33. The van der Waals surface area contributed by atoms with Crippen LogP contribution in [0.4, 0.5) is 10.5 Å². The maximum Gasteiger partial charge on any atom is 0.325 e. The third-order valence-corrected chi connectivity index (χ3v) is 5.28. The molecular formula is C22H18ClN3O3. The predicted octanol–water partition coefficient (Wildman–Crippen LogP) is 3.90. The highest BCUT2D eigenvalue weighted by atomic mass is 35.5. The maximum absolute atomic E-state index is 13.2. The van der Waals surface area contributed by atoms with Crippen molar-refractivity contribution < 1.29 is 14.4 Å². The molecule has 0 radical (unpaired) electrons. The van der Waals surface area contributed by atoms with Gasteiger partial charge in [-0.1, -0.05) is 54.1 Å². The number of amides is 4. The molecule has 1 fully saturated rings. The van der Waals surface area contributed by atoms with Crippen LogP contribution in [0.15, 0.2) is 66.7 Å². The molecule has 0 aliphatic carbocycles. The van der Waals surface area contributed by atoms with Gasteiger partial charge in [0.2, 0.25) is 5.91 Å². The number of halogens is 1. The molecule has 1 heterocycles. The number of rotatable bonds is 4. The number of carbonyl (C=O) groups is 3. The molecule has 6 nitrogen and oxygen atoms in total. The van der Waals surface area contributed by atoms with E-state index in [9.17, 15) is 14.4 Å². The van der Waals surface area contributed by atoms with Crippen LogP contribution < -0.4 is 10.6 Å². The third-order valence-electron chi connectivity index (χ3n) is 5.03. The Morgan fingerprint density at radius 3 is 2.48 bits per heavy atom. The lowest BCUT2D eigenvalue weighted by molar-refractivity contribution is -0.133. The van der Waals surface area contributed by atoms with Crippen LogP contribution in [-0.2, 0) is 15.1 Å². The van der Waals surface area contributed by atoms with E-state index in [-0.39, 0.29) is 6.54 Å². The minimum Gasteiger partial charge on any atom is -0.325 e. The van der Waals surface area contributed by atoms with Crippen molar-refractivity contribution in [1.29, 1.82) is 0 Å². The predicted molar refractivity (Wildman–Crippen MR) is 112 cm³/mol. The number of benzene rings is 3. The van der Waals surface area contributed by atoms with Crippen molar-refractivity contribution >= 4 is 45.9 Å². The molecule has 1 aliphatic heterocycles. The fraction of sp³-hybridized carbons (Fsp3) is 0.136. The largest absolute Gasteiger partial charge is 0.325 e. The molecule has 4 rings (SSSR count). The van der Waals surface area contributed by atoms with Gasteiger partial charge in [0.15, 0.2) is 0 Å². The lowest BCUT2D eigenvalue weighted by Gasteiger charge is -2.24. The smallest absolute Gasteiger partial charge is 0.325 e. The molecule has 1 atom stereocenters. The summed E-state index contributed by atoms with van der Waals surface area (Å²) in [6.45, 7) is 1.28. The van der Waals surface area contributed by atoms with Crippen molar-refractivity contribution in [2.24, 2.45) is 0 Å². The molecule has 29 heavy (non-hydrogen) atoms. The highest BCUT2D eigenvalue weighted by molar-refractivity contribution is 6.30. The van der Waals surface area contributed by atoms with Crippen LogP contribution in [0.25, 0.3) is 10.8 Å².